The molecule has 3 aliphatic heterocycles. The highest BCUT2D eigenvalue weighted by molar-refractivity contribution is 7.88. The molecule has 7 heteroatoms. The van der Waals surface area contributed by atoms with Gasteiger partial charge in [-0.1, -0.05) is 6.42 Å². The summed E-state index contributed by atoms with van der Waals surface area (Å²) < 4.78 is 31.7. The van der Waals surface area contributed by atoms with Crippen LogP contribution in [-0.2, 0) is 16.4 Å². The summed E-state index contributed by atoms with van der Waals surface area (Å²) in [7, 11) is -3.09. The number of hydrogen-bond donors (Lipinski definition) is 0. The van der Waals surface area contributed by atoms with Gasteiger partial charge in [0.2, 0.25) is 10.0 Å². The lowest BCUT2D eigenvalue weighted by atomic mass is 9.81. The first kappa shape index (κ1) is 19.6. The van der Waals surface area contributed by atoms with E-state index in [-0.39, 0.29) is 5.60 Å². The molecule has 29 heavy (non-hydrogen) atoms. The Labute approximate surface area is 174 Å². The van der Waals surface area contributed by atoms with Gasteiger partial charge in [-0.2, -0.15) is 4.31 Å². The third-order valence-corrected chi connectivity index (χ3v) is 8.90. The van der Waals surface area contributed by atoms with Crippen molar-refractivity contribution in [3.8, 4) is 5.75 Å². The summed E-state index contributed by atoms with van der Waals surface area (Å²) in [5.74, 6) is 1.06. The van der Waals surface area contributed by atoms with E-state index >= 15 is 0 Å². The molecule has 1 aromatic rings. The van der Waals surface area contributed by atoms with Crippen LogP contribution in [0.1, 0.15) is 44.1 Å². The van der Waals surface area contributed by atoms with Crippen LogP contribution in [0.5, 0.6) is 5.75 Å². The molecule has 0 atom stereocenters. The van der Waals surface area contributed by atoms with Crippen molar-refractivity contribution in [1.82, 2.24) is 9.21 Å². The van der Waals surface area contributed by atoms with E-state index in [0.29, 0.717) is 13.1 Å². The molecule has 0 radical (unpaired) electrons. The molecule has 0 N–H and O–H groups in total. The largest absolute Gasteiger partial charge is 0.487 e. The average molecular weight is 420 g/mol. The molecule has 1 aliphatic carbocycles. The molecular formula is C22H33N3O3S. The number of piperidine rings is 1. The van der Waals surface area contributed by atoms with Gasteiger partial charge < -0.3 is 14.5 Å². The number of ether oxygens (including phenoxy) is 1. The van der Waals surface area contributed by atoms with Gasteiger partial charge in [-0.15, -0.1) is 0 Å². The van der Waals surface area contributed by atoms with Crippen molar-refractivity contribution in [3.05, 3.63) is 23.8 Å². The number of sulfonamides is 1. The van der Waals surface area contributed by atoms with Crippen LogP contribution in [0.15, 0.2) is 18.2 Å². The second-order valence-corrected chi connectivity index (χ2v) is 11.3. The monoisotopic (exact) mass is 419 g/mol. The standard InChI is InChI=1S/C22H33N3O3S/c1-29(26,27)25-15-13-24(14-16-25)20-5-6-21-18(17-20)7-8-22(28-21)9-11-23(12-10-22)19-3-2-4-19/h5-6,17,19H,2-4,7-16H2,1H3. The number of rotatable bonds is 3. The van der Waals surface area contributed by atoms with Gasteiger partial charge >= 0.3 is 0 Å². The SMILES string of the molecule is CS(=O)(=O)N1CCN(c2ccc3c(c2)CCC2(CCN(C4CCC4)CC2)O3)CC1. The summed E-state index contributed by atoms with van der Waals surface area (Å²) in [5, 5.41) is 0. The minimum Gasteiger partial charge on any atom is -0.487 e. The Morgan fingerprint density at radius 1 is 1.00 bits per heavy atom. The van der Waals surface area contributed by atoms with Crippen LogP contribution in [-0.4, -0.2) is 74.8 Å². The van der Waals surface area contributed by atoms with E-state index in [0.717, 1.165) is 50.6 Å². The van der Waals surface area contributed by atoms with Gasteiger partial charge in [0, 0.05) is 51.0 Å². The minimum absolute atomic E-state index is 0.0376. The number of likely N-dealkylation sites (tertiary alicyclic amines) is 1. The minimum atomic E-state index is -3.09. The number of aryl methyl sites for hydroxylation is 1. The van der Waals surface area contributed by atoms with Crippen molar-refractivity contribution in [2.75, 3.05) is 50.4 Å². The third-order valence-electron chi connectivity index (χ3n) is 7.59. The van der Waals surface area contributed by atoms with Crippen molar-refractivity contribution in [3.63, 3.8) is 0 Å². The zero-order valence-corrected chi connectivity index (χ0v) is 18.3. The number of nitrogens with zero attached hydrogens (tertiary/aromatic N) is 3. The summed E-state index contributed by atoms with van der Waals surface area (Å²) >= 11 is 0. The van der Waals surface area contributed by atoms with E-state index in [2.05, 4.69) is 28.0 Å². The Bertz CT molecular complexity index is 852. The normalized spacial score (nSPS) is 26.0. The van der Waals surface area contributed by atoms with Crippen LogP contribution in [0, 0.1) is 0 Å². The van der Waals surface area contributed by atoms with Crippen LogP contribution in [0.2, 0.25) is 0 Å². The van der Waals surface area contributed by atoms with Crippen molar-refractivity contribution in [1.29, 1.82) is 0 Å². The van der Waals surface area contributed by atoms with E-state index in [1.807, 2.05) is 0 Å². The second-order valence-electron chi connectivity index (χ2n) is 9.35. The zero-order chi connectivity index (χ0) is 20.1. The Hall–Kier alpha value is -1.31. The first-order valence-corrected chi connectivity index (χ1v) is 13.0. The van der Waals surface area contributed by atoms with Gasteiger partial charge in [0.1, 0.15) is 11.4 Å². The van der Waals surface area contributed by atoms with Gasteiger partial charge in [0.15, 0.2) is 0 Å². The number of benzene rings is 1. The van der Waals surface area contributed by atoms with E-state index in [1.54, 1.807) is 4.31 Å². The van der Waals surface area contributed by atoms with E-state index in [4.69, 9.17) is 4.74 Å². The maximum atomic E-state index is 11.7. The van der Waals surface area contributed by atoms with Gasteiger partial charge in [0.05, 0.1) is 6.26 Å². The fourth-order valence-corrected chi connectivity index (χ4v) is 6.21. The molecule has 4 aliphatic rings. The highest BCUT2D eigenvalue weighted by Crippen LogP contribution is 2.42. The predicted molar refractivity (Wildman–Crippen MR) is 115 cm³/mol. The maximum Gasteiger partial charge on any atom is 0.211 e. The van der Waals surface area contributed by atoms with Crippen molar-refractivity contribution >= 4 is 15.7 Å². The molecule has 3 fully saturated rings. The number of piperazine rings is 1. The second kappa shape index (κ2) is 7.43. The molecule has 5 rings (SSSR count). The lowest BCUT2D eigenvalue weighted by molar-refractivity contribution is -0.0336. The fourth-order valence-electron chi connectivity index (χ4n) is 5.38. The highest BCUT2D eigenvalue weighted by atomic mass is 32.2. The van der Waals surface area contributed by atoms with Crippen LogP contribution in [0.4, 0.5) is 5.69 Å². The zero-order valence-electron chi connectivity index (χ0n) is 17.5. The molecule has 6 nitrogen and oxygen atoms in total. The summed E-state index contributed by atoms with van der Waals surface area (Å²) in [6.07, 6.45) is 9.97. The quantitative estimate of drug-likeness (QED) is 0.753. The lowest BCUT2D eigenvalue weighted by Gasteiger charge is -2.48. The Kier molecular flexibility index (Phi) is 5.03. The molecular weight excluding hydrogens is 386 g/mol. The molecule has 1 saturated carbocycles. The Morgan fingerprint density at radius 2 is 1.72 bits per heavy atom. The summed E-state index contributed by atoms with van der Waals surface area (Å²) in [5.41, 5.74) is 2.53. The first-order chi connectivity index (χ1) is 13.9. The average Bonchev–Trinajstić information content (AvgIpc) is 2.68. The molecule has 1 aromatic carbocycles. The first-order valence-electron chi connectivity index (χ1n) is 11.2. The lowest BCUT2D eigenvalue weighted by Crippen LogP contribution is -2.53. The molecule has 160 valence electrons. The summed E-state index contributed by atoms with van der Waals surface area (Å²) in [4.78, 5) is 4.98. The molecule has 0 bridgehead atoms. The highest BCUT2D eigenvalue weighted by Gasteiger charge is 2.41. The van der Waals surface area contributed by atoms with E-state index in [1.165, 1.54) is 49.9 Å². The van der Waals surface area contributed by atoms with Crippen LogP contribution >= 0.6 is 0 Å². The Morgan fingerprint density at radius 3 is 2.34 bits per heavy atom. The smallest absolute Gasteiger partial charge is 0.211 e. The van der Waals surface area contributed by atoms with Crippen LogP contribution in [0.3, 0.4) is 0 Å². The molecule has 0 aromatic heterocycles. The van der Waals surface area contributed by atoms with Gasteiger partial charge in [-0.3, -0.25) is 0 Å². The van der Waals surface area contributed by atoms with Crippen LogP contribution < -0.4 is 9.64 Å². The maximum absolute atomic E-state index is 11.7. The Balaban J connectivity index is 1.22. The van der Waals surface area contributed by atoms with Gasteiger partial charge in [-0.05, 0) is 62.3 Å². The topological polar surface area (TPSA) is 53.1 Å². The third kappa shape index (κ3) is 3.89. The van der Waals surface area contributed by atoms with Gasteiger partial charge in [-0.25, -0.2) is 8.42 Å². The summed E-state index contributed by atoms with van der Waals surface area (Å²) in [6.45, 7) is 4.98. The van der Waals surface area contributed by atoms with Crippen molar-refractivity contribution in [2.24, 2.45) is 0 Å². The van der Waals surface area contributed by atoms with Gasteiger partial charge in [0.25, 0.3) is 0 Å². The molecule has 3 heterocycles. The predicted octanol–water partition coefficient (Wildman–Crippen LogP) is 2.48. The fraction of sp³-hybridized carbons (Fsp3) is 0.727. The number of hydrogen-bond acceptors (Lipinski definition) is 5. The van der Waals surface area contributed by atoms with E-state index in [9.17, 15) is 8.42 Å². The molecule has 1 spiro atoms. The van der Waals surface area contributed by atoms with Crippen LogP contribution in [0.25, 0.3) is 0 Å². The molecule has 2 saturated heterocycles. The number of anilines is 1. The number of fused-ring (bicyclic) bond motifs is 1. The molecule has 0 amide bonds. The van der Waals surface area contributed by atoms with E-state index < -0.39 is 10.0 Å². The summed E-state index contributed by atoms with van der Waals surface area (Å²) in [6, 6.07) is 7.40. The molecule has 0 unspecified atom stereocenters. The van der Waals surface area contributed by atoms with Crippen molar-refractivity contribution in [2.45, 2.75) is 56.6 Å². The van der Waals surface area contributed by atoms with Crippen molar-refractivity contribution < 1.29 is 13.2 Å².